The molecule has 2 amide bonds. The highest BCUT2D eigenvalue weighted by Crippen LogP contribution is 2.42. The van der Waals surface area contributed by atoms with Crippen molar-refractivity contribution in [2.24, 2.45) is 5.16 Å². The van der Waals surface area contributed by atoms with Crippen LogP contribution in [0.2, 0.25) is 0 Å². The largest absolute Gasteiger partial charge is 0.543 e. The summed E-state index contributed by atoms with van der Waals surface area (Å²) in [6, 6.07) is -0.965. The first-order valence-corrected chi connectivity index (χ1v) is 14.2. The fourth-order valence-electron chi connectivity index (χ4n) is 4.55. The molecule has 38 heavy (non-hydrogen) atoms. The third-order valence-electron chi connectivity index (χ3n) is 6.27. The number of hydrogen-bond donors (Lipinski definition) is 4. The van der Waals surface area contributed by atoms with Gasteiger partial charge in [0.2, 0.25) is 0 Å². The quantitative estimate of drug-likeness (QED) is 0.0497. The number of anilines is 2. The summed E-state index contributed by atoms with van der Waals surface area (Å²) >= 11 is 3.81. The van der Waals surface area contributed by atoms with E-state index in [1.54, 1.807) is 0 Å². The molecule has 0 radical (unpaired) electrons. The number of aromatic nitrogens is 3. The van der Waals surface area contributed by atoms with Gasteiger partial charge in [0.05, 0.1) is 11.7 Å². The van der Waals surface area contributed by atoms with Crippen LogP contribution in [-0.2, 0) is 32.1 Å². The number of amides is 2. The number of nitrogens with two attached hydrogens (primary N) is 3. The maximum Gasteiger partial charge on any atom is 0.412 e. The number of nitrogen functional groups attached to an aromatic ring is 3. The molecule has 1 aliphatic carbocycles. The number of aliphatic carboxylic acids is 1. The van der Waals surface area contributed by atoms with Crippen LogP contribution in [0, 0.1) is 0 Å². The van der Waals surface area contributed by atoms with Gasteiger partial charge in [-0.1, -0.05) is 21.9 Å². The van der Waals surface area contributed by atoms with E-state index >= 15 is 0 Å². The summed E-state index contributed by atoms with van der Waals surface area (Å²) < 4.78 is 1.39. The topological polar surface area (TPSA) is 219 Å². The van der Waals surface area contributed by atoms with Crippen molar-refractivity contribution in [1.82, 2.24) is 20.2 Å². The average molecular weight is 578 g/mol. The van der Waals surface area contributed by atoms with Gasteiger partial charge in [-0.15, -0.1) is 27.8 Å². The van der Waals surface area contributed by atoms with Crippen molar-refractivity contribution >= 4 is 69.4 Å². The summed E-state index contributed by atoms with van der Waals surface area (Å²) in [6.45, 7) is 0. The zero-order valence-corrected chi connectivity index (χ0v) is 22.5. The standard InChI is InChI=1S/C21H23N9O5S3/c1-35-28-12(10-7-38-21(23)25-10)15(31)26-13-17(32)29-14(19(33)34)8(6-37-18(13)29)5-36-16-9-3-2-4-11(9)30(24)20(22)27-16/h7,13,18,22H,2-6,24H2,1H3,(H4,23,25,26,31,33,34)/b28-12-/t13?,18-/m0/s1. The predicted octanol–water partition coefficient (Wildman–Crippen LogP) is -2.26. The lowest BCUT2D eigenvalue weighted by molar-refractivity contribution is -0.634. The maximum absolute atomic E-state index is 13.0. The van der Waals surface area contributed by atoms with Gasteiger partial charge in [0.1, 0.15) is 29.9 Å². The number of carbonyl (C=O) groups excluding carboxylic acids is 3. The van der Waals surface area contributed by atoms with Crippen LogP contribution >= 0.6 is 34.9 Å². The lowest BCUT2D eigenvalue weighted by Gasteiger charge is -2.50. The van der Waals surface area contributed by atoms with E-state index in [1.807, 2.05) is 0 Å². The number of rotatable bonds is 8. The summed E-state index contributed by atoms with van der Waals surface area (Å²) in [5, 5.41) is 20.3. The van der Waals surface area contributed by atoms with E-state index in [0.717, 1.165) is 46.8 Å². The zero-order valence-electron chi connectivity index (χ0n) is 20.0. The van der Waals surface area contributed by atoms with Crippen molar-refractivity contribution in [3.63, 3.8) is 0 Å². The molecule has 0 aromatic carbocycles. The Bertz CT molecular complexity index is 1410. The number of nitrogens with zero attached hydrogens (tertiary/aromatic N) is 5. The molecule has 0 spiro atoms. The molecule has 0 saturated carbocycles. The van der Waals surface area contributed by atoms with Gasteiger partial charge in [-0.25, -0.2) is 4.98 Å². The molecule has 4 heterocycles. The smallest absolute Gasteiger partial charge is 0.412 e. The third kappa shape index (κ3) is 4.49. The highest BCUT2D eigenvalue weighted by Gasteiger charge is 2.53. The van der Waals surface area contributed by atoms with Crippen molar-refractivity contribution in [1.29, 1.82) is 0 Å². The van der Waals surface area contributed by atoms with E-state index < -0.39 is 29.2 Å². The van der Waals surface area contributed by atoms with Gasteiger partial charge in [-0.2, -0.15) is 0 Å². The molecular weight excluding hydrogens is 554 g/mol. The number of carboxylic acids is 1. The molecular formula is C21H23N9O5S3. The second kappa shape index (κ2) is 10.3. The molecule has 2 atom stereocenters. The number of fused-ring (bicyclic) bond motifs is 2. The molecule has 0 bridgehead atoms. The molecule has 2 aliphatic heterocycles. The monoisotopic (exact) mass is 577 g/mol. The van der Waals surface area contributed by atoms with E-state index in [4.69, 9.17) is 22.1 Å². The van der Waals surface area contributed by atoms with E-state index in [9.17, 15) is 19.5 Å². The summed E-state index contributed by atoms with van der Waals surface area (Å²) in [6.07, 6.45) is 2.52. The number of carbonyl (C=O) groups is 3. The Balaban J connectivity index is 1.33. The number of β-lactam (4-membered cyclic amide) rings is 1. The van der Waals surface area contributed by atoms with Crippen molar-refractivity contribution in [2.45, 2.75) is 35.7 Å². The minimum absolute atomic E-state index is 0.152. The fourth-order valence-corrected chi connectivity index (χ4v) is 7.67. The van der Waals surface area contributed by atoms with Crippen LogP contribution < -0.4 is 32.4 Å². The Labute approximate surface area is 228 Å². The van der Waals surface area contributed by atoms with E-state index in [0.29, 0.717) is 16.4 Å². The number of thioether (sulfide) groups is 2. The number of nitrogens with one attached hydrogen (secondary N) is 1. The van der Waals surface area contributed by atoms with Crippen LogP contribution in [0.25, 0.3) is 0 Å². The Morgan fingerprint density at radius 2 is 2.16 bits per heavy atom. The first kappa shape index (κ1) is 26.1. The third-order valence-corrected chi connectivity index (χ3v) is 9.39. The second-order valence-electron chi connectivity index (χ2n) is 8.51. The van der Waals surface area contributed by atoms with Crippen molar-refractivity contribution in [2.75, 3.05) is 35.9 Å². The van der Waals surface area contributed by atoms with Crippen LogP contribution in [-0.4, -0.2) is 68.4 Å². The maximum atomic E-state index is 13.0. The van der Waals surface area contributed by atoms with Gasteiger partial charge in [0, 0.05) is 28.9 Å². The minimum Gasteiger partial charge on any atom is -0.543 e. The fraction of sp³-hybridized carbons (Fsp3) is 0.381. The first-order chi connectivity index (χ1) is 18.2. The Morgan fingerprint density at radius 1 is 1.37 bits per heavy atom. The SMILES string of the molecule is CO/N=C(\C(=O)NC1C(=O)N2C(C(=O)[O-])=C(CSc3nc(N)[n+](N)c4c3CCC4)CS[C@@H]12)c1csc(N)n1. The molecule has 1 fully saturated rings. The number of thiazole rings is 1. The van der Waals surface area contributed by atoms with Crippen molar-refractivity contribution < 1.29 is 29.0 Å². The van der Waals surface area contributed by atoms with Crippen molar-refractivity contribution in [3.8, 4) is 0 Å². The number of oxime groups is 1. The molecule has 14 nitrogen and oxygen atoms in total. The molecule has 2 aromatic heterocycles. The lowest BCUT2D eigenvalue weighted by atomic mass is 10.0. The highest BCUT2D eigenvalue weighted by molar-refractivity contribution is 8.01. The van der Waals surface area contributed by atoms with E-state index in [2.05, 4.69) is 20.4 Å². The minimum atomic E-state index is -1.46. The van der Waals surface area contributed by atoms with Gasteiger partial charge in [0.15, 0.2) is 15.9 Å². The van der Waals surface area contributed by atoms with Crippen LogP contribution in [0.3, 0.4) is 0 Å². The van der Waals surface area contributed by atoms with Gasteiger partial charge in [-0.05, 0) is 18.4 Å². The number of carboxylic acid groups (broad SMARTS) is 1. The van der Waals surface area contributed by atoms with Gasteiger partial charge < -0.3 is 25.8 Å². The second-order valence-corrected chi connectivity index (χ2v) is 11.5. The van der Waals surface area contributed by atoms with Crippen molar-refractivity contribution in [3.05, 3.63) is 33.6 Å². The summed E-state index contributed by atoms with van der Waals surface area (Å²) in [4.78, 5) is 52.4. The van der Waals surface area contributed by atoms with Crippen LogP contribution in [0.15, 0.2) is 26.8 Å². The Hall–Kier alpha value is -3.57. The van der Waals surface area contributed by atoms with E-state index in [1.165, 1.54) is 40.7 Å². The van der Waals surface area contributed by atoms with Gasteiger partial charge >= 0.3 is 5.95 Å². The first-order valence-electron chi connectivity index (χ1n) is 11.3. The average Bonchev–Trinajstić information content (AvgIpc) is 3.56. The van der Waals surface area contributed by atoms with Gasteiger partial charge in [0.25, 0.3) is 11.8 Å². The van der Waals surface area contributed by atoms with E-state index in [-0.39, 0.29) is 33.9 Å². The highest BCUT2D eigenvalue weighted by atomic mass is 32.2. The molecule has 7 N–H and O–H groups in total. The van der Waals surface area contributed by atoms with Crippen LogP contribution in [0.1, 0.15) is 23.4 Å². The molecule has 1 saturated heterocycles. The molecule has 2 aromatic rings. The summed E-state index contributed by atoms with van der Waals surface area (Å²) in [5.74, 6) is 4.03. The van der Waals surface area contributed by atoms with Crippen LogP contribution in [0.4, 0.5) is 11.1 Å². The van der Waals surface area contributed by atoms with Crippen LogP contribution in [0.5, 0.6) is 0 Å². The lowest BCUT2D eigenvalue weighted by Crippen LogP contribution is -2.71. The Kier molecular flexibility index (Phi) is 7.06. The normalized spacial score (nSPS) is 20.6. The zero-order chi connectivity index (χ0) is 27.1. The molecule has 5 rings (SSSR count). The molecule has 3 aliphatic rings. The van der Waals surface area contributed by atoms with Gasteiger partial charge in [-0.3, -0.25) is 26.1 Å². The summed E-state index contributed by atoms with van der Waals surface area (Å²) in [5.41, 5.74) is 13.9. The predicted molar refractivity (Wildman–Crippen MR) is 139 cm³/mol. The summed E-state index contributed by atoms with van der Waals surface area (Å²) in [7, 11) is 1.27. The molecule has 17 heteroatoms. The molecule has 200 valence electrons. The Morgan fingerprint density at radius 3 is 2.84 bits per heavy atom. The number of hydrogen-bond acceptors (Lipinski definition) is 14. The molecule has 1 unspecified atom stereocenters.